The van der Waals surface area contributed by atoms with Gasteiger partial charge >= 0.3 is 5.97 Å². The molecule has 0 bridgehead atoms. The standard InChI is InChI=1S/C22H22N2O5S/c1-28-11-10-23-21(26)14-30-20-9-5-3-7-16(20)22(27)29-13-19(25)17-12-24-18-8-4-2-6-15(17)18/h2-9,12,24H,10-11,13-14H2,1H3,(H,23,26). The van der Waals surface area contributed by atoms with Gasteiger partial charge in [0.2, 0.25) is 11.7 Å². The first-order chi connectivity index (χ1) is 14.6. The maximum atomic E-state index is 12.5. The summed E-state index contributed by atoms with van der Waals surface area (Å²) in [5.74, 6) is -0.897. The third-order valence-corrected chi connectivity index (χ3v) is 5.39. The van der Waals surface area contributed by atoms with E-state index in [1.807, 2.05) is 24.3 Å². The third kappa shape index (κ3) is 5.49. The molecule has 2 aromatic carbocycles. The van der Waals surface area contributed by atoms with Crippen LogP contribution in [-0.4, -0.2) is 55.3 Å². The van der Waals surface area contributed by atoms with Gasteiger partial charge < -0.3 is 19.8 Å². The zero-order valence-electron chi connectivity index (χ0n) is 16.5. The second kappa shape index (κ2) is 10.6. The summed E-state index contributed by atoms with van der Waals surface area (Å²) in [5, 5.41) is 3.51. The highest BCUT2D eigenvalue weighted by Crippen LogP contribution is 2.23. The number of amides is 1. The van der Waals surface area contributed by atoms with Gasteiger partial charge in [0.05, 0.1) is 17.9 Å². The lowest BCUT2D eigenvalue weighted by atomic mass is 10.1. The average Bonchev–Trinajstić information content (AvgIpc) is 3.20. The van der Waals surface area contributed by atoms with Crippen molar-refractivity contribution in [2.75, 3.05) is 32.6 Å². The van der Waals surface area contributed by atoms with Crippen molar-refractivity contribution in [3.8, 4) is 0 Å². The second-order valence-corrected chi connectivity index (χ2v) is 7.39. The van der Waals surface area contributed by atoms with E-state index in [0.29, 0.717) is 29.2 Å². The molecule has 0 unspecified atom stereocenters. The van der Waals surface area contributed by atoms with Crippen molar-refractivity contribution in [1.82, 2.24) is 10.3 Å². The Labute approximate surface area is 178 Å². The van der Waals surface area contributed by atoms with Crippen molar-refractivity contribution in [1.29, 1.82) is 0 Å². The maximum Gasteiger partial charge on any atom is 0.339 e. The number of thioether (sulfide) groups is 1. The van der Waals surface area contributed by atoms with Crippen LogP contribution in [0.3, 0.4) is 0 Å². The maximum absolute atomic E-state index is 12.5. The van der Waals surface area contributed by atoms with Crippen molar-refractivity contribution < 1.29 is 23.9 Å². The SMILES string of the molecule is COCCNC(=O)CSc1ccccc1C(=O)OCC(=O)c1c[nH]c2ccccc12. The summed E-state index contributed by atoms with van der Waals surface area (Å²) in [6.07, 6.45) is 1.62. The first-order valence-electron chi connectivity index (χ1n) is 9.34. The number of methoxy groups -OCH3 is 1. The number of rotatable bonds is 10. The van der Waals surface area contributed by atoms with E-state index >= 15 is 0 Å². The number of ketones is 1. The van der Waals surface area contributed by atoms with Gasteiger partial charge in [0.1, 0.15) is 0 Å². The van der Waals surface area contributed by atoms with Gasteiger partial charge in [-0.1, -0.05) is 30.3 Å². The van der Waals surface area contributed by atoms with Crippen LogP contribution in [0.4, 0.5) is 0 Å². The van der Waals surface area contributed by atoms with Gasteiger partial charge in [0.15, 0.2) is 6.61 Å². The van der Waals surface area contributed by atoms with Crippen LogP contribution in [0.1, 0.15) is 20.7 Å². The normalized spacial score (nSPS) is 10.7. The molecule has 0 spiro atoms. The lowest BCUT2D eigenvalue weighted by Crippen LogP contribution is -2.28. The fourth-order valence-electron chi connectivity index (χ4n) is 2.84. The molecule has 0 fully saturated rings. The highest BCUT2D eigenvalue weighted by atomic mass is 32.2. The number of hydrogen-bond acceptors (Lipinski definition) is 6. The number of aromatic amines is 1. The largest absolute Gasteiger partial charge is 0.454 e. The van der Waals surface area contributed by atoms with Crippen LogP contribution < -0.4 is 5.32 Å². The van der Waals surface area contributed by atoms with Gasteiger partial charge in [-0.15, -0.1) is 11.8 Å². The summed E-state index contributed by atoms with van der Waals surface area (Å²) in [4.78, 5) is 40.6. The van der Waals surface area contributed by atoms with Crippen LogP contribution in [0, 0.1) is 0 Å². The molecule has 156 valence electrons. The Morgan fingerprint density at radius 1 is 1.03 bits per heavy atom. The summed E-state index contributed by atoms with van der Waals surface area (Å²) < 4.78 is 10.1. The molecule has 3 aromatic rings. The minimum absolute atomic E-state index is 0.155. The number of Topliss-reactive ketones (excluding diaryl/α,β-unsaturated/α-hetero) is 1. The highest BCUT2D eigenvalue weighted by molar-refractivity contribution is 8.00. The second-order valence-electron chi connectivity index (χ2n) is 6.37. The summed E-state index contributed by atoms with van der Waals surface area (Å²) in [5.41, 5.74) is 1.64. The number of carbonyl (C=O) groups excluding carboxylic acids is 3. The first-order valence-corrected chi connectivity index (χ1v) is 10.3. The van der Waals surface area contributed by atoms with Gasteiger partial charge in [-0.25, -0.2) is 4.79 Å². The lowest BCUT2D eigenvalue weighted by Gasteiger charge is -2.09. The monoisotopic (exact) mass is 426 g/mol. The Hall–Kier alpha value is -3.10. The molecule has 0 aliphatic heterocycles. The number of hydrogen-bond donors (Lipinski definition) is 2. The number of benzene rings is 2. The third-order valence-electron chi connectivity index (χ3n) is 4.32. The molecule has 0 saturated heterocycles. The minimum atomic E-state index is -0.605. The van der Waals surface area contributed by atoms with Gasteiger partial charge in [-0.3, -0.25) is 9.59 Å². The number of fused-ring (bicyclic) bond motifs is 1. The Balaban J connectivity index is 1.59. The van der Waals surface area contributed by atoms with E-state index < -0.39 is 5.97 Å². The molecule has 0 aliphatic rings. The summed E-state index contributed by atoms with van der Waals surface area (Å²) in [7, 11) is 1.56. The predicted molar refractivity (Wildman–Crippen MR) is 115 cm³/mol. The molecule has 1 amide bonds. The fourth-order valence-corrected chi connectivity index (χ4v) is 3.71. The van der Waals surface area contributed by atoms with E-state index in [4.69, 9.17) is 9.47 Å². The van der Waals surface area contributed by atoms with Gasteiger partial charge in [0.25, 0.3) is 0 Å². The molecule has 0 saturated carbocycles. The van der Waals surface area contributed by atoms with Crippen LogP contribution in [-0.2, 0) is 14.3 Å². The van der Waals surface area contributed by atoms with E-state index in [-0.39, 0.29) is 24.1 Å². The van der Waals surface area contributed by atoms with E-state index in [9.17, 15) is 14.4 Å². The molecule has 30 heavy (non-hydrogen) atoms. The molecule has 2 N–H and O–H groups in total. The van der Waals surface area contributed by atoms with Crippen molar-refractivity contribution in [2.45, 2.75) is 4.90 Å². The summed E-state index contributed by atoms with van der Waals surface area (Å²) in [6, 6.07) is 14.3. The van der Waals surface area contributed by atoms with Gasteiger partial charge in [-0.2, -0.15) is 0 Å². The van der Waals surface area contributed by atoms with Crippen molar-refractivity contribution in [3.05, 3.63) is 65.9 Å². The van der Waals surface area contributed by atoms with E-state index in [1.54, 1.807) is 37.6 Å². The lowest BCUT2D eigenvalue weighted by molar-refractivity contribution is -0.118. The number of H-pyrrole nitrogens is 1. The van der Waals surface area contributed by atoms with Gasteiger partial charge in [-0.05, 0) is 18.2 Å². The Morgan fingerprint density at radius 2 is 1.80 bits per heavy atom. The van der Waals surface area contributed by atoms with Crippen molar-refractivity contribution in [2.24, 2.45) is 0 Å². The first kappa shape index (κ1) is 21.6. The molecule has 8 heteroatoms. The minimum Gasteiger partial charge on any atom is -0.454 e. The Kier molecular flexibility index (Phi) is 7.64. The van der Waals surface area contributed by atoms with Gasteiger partial charge in [0, 0.05) is 41.2 Å². The van der Waals surface area contributed by atoms with E-state index in [0.717, 1.165) is 10.9 Å². The topological polar surface area (TPSA) is 97.5 Å². The highest BCUT2D eigenvalue weighted by Gasteiger charge is 2.18. The summed E-state index contributed by atoms with van der Waals surface area (Å²) in [6.45, 7) is 0.497. The molecule has 0 aliphatic carbocycles. The molecule has 3 rings (SSSR count). The quantitative estimate of drug-likeness (QED) is 0.224. The van der Waals surface area contributed by atoms with Crippen molar-refractivity contribution in [3.63, 3.8) is 0 Å². The average molecular weight is 426 g/mol. The van der Waals surface area contributed by atoms with E-state index in [2.05, 4.69) is 10.3 Å². The zero-order chi connectivity index (χ0) is 21.3. The number of carbonyl (C=O) groups is 3. The van der Waals surface area contributed by atoms with Crippen LogP contribution in [0.5, 0.6) is 0 Å². The number of esters is 1. The molecule has 0 radical (unpaired) electrons. The number of aromatic nitrogens is 1. The smallest absolute Gasteiger partial charge is 0.339 e. The number of ether oxygens (including phenoxy) is 2. The Morgan fingerprint density at radius 3 is 2.63 bits per heavy atom. The van der Waals surface area contributed by atoms with E-state index in [1.165, 1.54) is 11.8 Å². The molecular weight excluding hydrogens is 404 g/mol. The molecule has 1 heterocycles. The van der Waals surface area contributed by atoms with Crippen LogP contribution in [0.25, 0.3) is 10.9 Å². The molecule has 7 nitrogen and oxygen atoms in total. The number of para-hydroxylation sites is 1. The number of nitrogens with one attached hydrogen (secondary N) is 2. The molecular formula is C22H22N2O5S. The zero-order valence-corrected chi connectivity index (χ0v) is 17.3. The van der Waals surface area contributed by atoms with Crippen LogP contribution >= 0.6 is 11.8 Å². The molecule has 0 atom stereocenters. The predicted octanol–water partition coefficient (Wildman–Crippen LogP) is 3.06. The van der Waals surface area contributed by atoms with Crippen LogP contribution in [0.15, 0.2) is 59.6 Å². The Bertz CT molecular complexity index is 1050. The summed E-state index contributed by atoms with van der Waals surface area (Å²) >= 11 is 1.23. The van der Waals surface area contributed by atoms with Crippen molar-refractivity contribution >= 4 is 40.3 Å². The fraction of sp³-hybridized carbons (Fsp3) is 0.227. The molecule has 1 aromatic heterocycles. The van der Waals surface area contributed by atoms with Crippen LogP contribution in [0.2, 0.25) is 0 Å².